The molecule has 1 aliphatic rings. The van der Waals surface area contributed by atoms with Gasteiger partial charge in [-0.1, -0.05) is 46.7 Å². The van der Waals surface area contributed by atoms with Crippen LogP contribution in [0.2, 0.25) is 0 Å². The number of hydrogen-bond donors (Lipinski definition) is 0. The van der Waals surface area contributed by atoms with Crippen molar-refractivity contribution in [1.82, 2.24) is 4.98 Å². The molecule has 5 rings (SSSR count). The third-order valence-electron chi connectivity index (χ3n) is 6.54. The van der Waals surface area contributed by atoms with Crippen LogP contribution in [0.4, 0.5) is 5.13 Å². The minimum Gasteiger partial charge on any atom is -0.493 e. The van der Waals surface area contributed by atoms with Crippen molar-refractivity contribution in [1.29, 1.82) is 0 Å². The van der Waals surface area contributed by atoms with Gasteiger partial charge in [-0.05, 0) is 56.2 Å². The number of thiazole rings is 1. The van der Waals surface area contributed by atoms with Crippen molar-refractivity contribution in [2.75, 3.05) is 25.2 Å². The summed E-state index contributed by atoms with van der Waals surface area (Å²) in [5, 5.41) is 0.579. The van der Waals surface area contributed by atoms with Gasteiger partial charge in [0.15, 0.2) is 22.1 Å². The number of hydrogen-bond acceptors (Lipinski definition) is 9. The van der Waals surface area contributed by atoms with Gasteiger partial charge in [0.2, 0.25) is 5.76 Å². The van der Waals surface area contributed by atoms with Crippen LogP contribution in [0.5, 0.6) is 11.5 Å². The molecular weight excluding hydrogens is 600 g/mol. The molecule has 0 saturated carbocycles. The second-order valence-corrected chi connectivity index (χ2v) is 11.0. The van der Waals surface area contributed by atoms with Gasteiger partial charge in [0.05, 0.1) is 43.0 Å². The molecule has 3 heterocycles. The van der Waals surface area contributed by atoms with Crippen LogP contribution < -0.4 is 19.8 Å². The maximum absolute atomic E-state index is 13.9. The fourth-order valence-corrected chi connectivity index (χ4v) is 5.98. The van der Waals surface area contributed by atoms with Crippen LogP contribution in [0.3, 0.4) is 0 Å². The minimum absolute atomic E-state index is 0.0717. The topological polar surface area (TPSA) is 108 Å². The van der Waals surface area contributed by atoms with E-state index in [1.807, 2.05) is 0 Å². The molecule has 2 aromatic heterocycles. The molecule has 9 nitrogen and oxygen atoms in total. The van der Waals surface area contributed by atoms with E-state index in [1.54, 1.807) is 50.2 Å². The predicted octanol–water partition coefficient (Wildman–Crippen LogP) is 6.43. The van der Waals surface area contributed by atoms with Crippen LogP contribution in [0.25, 0.3) is 11.0 Å². The van der Waals surface area contributed by atoms with Crippen LogP contribution in [-0.2, 0) is 4.74 Å². The number of halogens is 1. The first kappa shape index (κ1) is 27.9. The molecule has 0 aliphatic carbocycles. The van der Waals surface area contributed by atoms with Gasteiger partial charge < -0.3 is 18.6 Å². The van der Waals surface area contributed by atoms with E-state index in [0.29, 0.717) is 44.8 Å². The van der Waals surface area contributed by atoms with Crippen LogP contribution in [-0.4, -0.2) is 37.2 Å². The lowest BCUT2D eigenvalue weighted by atomic mass is 9.98. The summed E-state index contributed by atoms with van der Waals surface area (Å²) in [5.41, 5.74) is 1.16. The summed E-state index contributed by atoms with van der Waals surface area (Å²) in [6, 6.07) is 9.47. The first-order valence-electron chi connectivity index (χ1n) is 12.8. The number of fused-ring (bicyclic) bond motifs is 2. The fourth-order valence-electron chi connectivity index (χ4n) is 4.63. The van der Waals surface area contributed by atoms with E-state index < -0.39 is 17.9 Å². The number of unbranched alkanes of at least 4 members (excludes halogenated alkanes) is 1. The number of amides is 1. The summed E-state index contributed by atoms with van der Waals surface area (Å²) < 4.78 is 23.4. The molecule has 11 heteroatoms. The van der Waals surface area contributed by atoms with E-state index in [9.17, 15) is 14.4 Å². The molecular formula is C29H27BrN2O7S. The third-order valence-corrected chi connectivity index (χ3v) is 8.17. The highest BCUT2D eigenvalue weighted by atomic mass is 79.9. The summed E-state index contributed by atoms with van der Waals surface area (Å²) in [6.45, 7) is 6.21. The highest BCUT2D eigenvalue weighted by Crippen LogP contribution is 2.45. The number of nitrogens with zero attached hydrogens (tertiary/aromatic N) is 2. The number of aryl methyl sites for hydroxylation is 1. The second-order valence-electron chi connectivity index (χ2n) is 9.14. The Morgan fingerprint density at radius 1 is 1.15 bits per heavy atom. The van der Waals surface area contributed by atoms with Gasteiger partial charge in [-0.2, -0.15) is 0 Å². The van der Waals surface area contributed by atoms with E-state index >= 15 is 0 Å². The van der Waals surface area contributed by atoms with Crippen LogP contribution in [0.1, 0.15) is 69.8 Å². The first-order valence-corrected chi connectivity index (χ1v) is 14.4. The number of aromatic nitrogens is 1. The maximum atomic E-state index is 13.9. The number of carbonyl (C=O) groups excluding carboxylic acids is 2. The van der Waals surface area contributed by atoms with Crippen LogP contribution >= 0.6 is 27.3 Å². The molecule has 40 heavy (non-hydrogen) atoms. The van der Waals surface area contributed by atoms with E-state index in [0.717, 1.165) is 24.2 Å². The Bertz CT molecular complexity index is 1680. The standard InChI is InChI=1S/C29H27BrN2O7S/c1-5-7-12-38-20-10-8-16(13-21(20)36-4)23-22-24(33)18-14-17(30)9-11-19(18)39-25(22)27(34)32(23)29-31-15(3)26(40-29)28(35)37-6-2/h8-11,13-14,23H,5-7,12H2,1-4H3. The zero-order valence-electron chi connectivity index (χ0n) is 22.4. The average Bonchev–Trinajstić information content (AvgIpc) is 3.46. The van der Waals surface area contributed by atoms with Gasteiger partial charge in [-0.25, -0.2) is 9.78 Å². The lowest BCUT2D eigenvalue weighted by Gasteiger charge is -2.23. The highest BCUT2D eigenvalue weighted by Gasteiger charge is 2.45. The number of ether oxygens (including phenoxy) is 3. The van der Waals surface area contributed by atoms with E-state index in [1.165, 1.54) is 12.0 Å². The number of anilines is 1. The molecule has 1 amide bonds. The summed E-state index contributed by atoms with van der Waals surface area (Å²) in [6.07, 6.45) is 1.87. The quantitative estimate of drug-likeness (QED) is 0.154. The highest BCUT2D eigenvalue weighted by molar-refractivity contribution is 9.10. The Kier molecular flexibility index (Phi) is 7.95. The number of esters is 1. The molecule has 1 atom stereocenters. The SMILES string of the molecule is CCCCOc1ccc(C2c3c(oc4ccc(Br)cc4c3=O)C(=O)N2c2nc(C)c(C(=O)OCC)s2)cc1OC. The van der Waals surface area contributed by atoms with Gasteiger partial charge in [-0.15, -0.1) is 0 Å². The number of benzene rings is 2. The van der Waals surface area contributed by atoms with Crippen LogP contribution in [0, 0.1) is 6.92 Å². The molecule has 1 aliphatic heterocycles. The maximum Gasteiger partial charge on any atom is 0.350 e. The molecule has 4 aromatic rings. The zero-order chi connectivity index (χ0) is 28.6. The number of methoxy groups -OCH3 is 1. The zero-order valence-corrected chi connectivity index (χ0v) is 24.8. The molecule has 0 bridgehead atoms. The van der Waals surface area contributed by atoms with Crippen molar-refractivity contribution in [3.8, 4) is 11.5 Å². The molecule has 0 N–H and O–H groups in total. The Balaban J connectivity index is 1.71. The van der Waals surface area contributed by atoms with Crippen molar-refractivity contribution in [2.24, 2.45) is 0 Å². The largest absolute Gasteiger partial charge is 0.493 e. The monoisotopic (exact) mass is 626 g/mol. The van der Waals surface area contributed by atoms with Gasteiger partial charge in [-0.3, -0.25) is 14.5 Å². The summed E-state index contributed by atoms with van der Waals surface area (Å²) in [7, 11) is 1.53. The van der Waals surface area contributed by atoms with E-state index in [4.69, 9.17) is 18.6 Å². The Morgan fingerprint density at radius 3 is 2.67 bits per heavy atom. The summed E-state index contributed by atoms with van der Waals surface area (Å²) in [4.78, 5) is 46.7. The molecule has 0 spiro atoms. The Labute approximate surface area is 242 Å². The van der Waals surface area contributed by atoms with Gasteiger partial charge in [0.25, 0.3) is 5.91 Å². The predicted molar refractivity (Wildman–Crippen MR) is 155 cm³/mol. The van der Waals surface area contributed by atoms with E-state index in [2.05, 4.69) is 27.8 Å². The Morgan fingerprint density at radius 2 is 1.95 bits per heavy atom. The minimum atomic E-state index is -0.888. The molecule has 2 aromatic carbocycles. The summed E-state index contributed by atoms with van der Waals surface area (Å²) >= 11 is 4.45. The normalized spacial score (nSPS) is 14.5. The fraction of sp³-hybridized carbons (Fsp3) is 0.310. The van der Waals surface area contributed by atoms with Crippen molar-refractivity contribution in [3.05, 3.63) is 78.6 Å². The van der Waals surface area contributed by atoms with Gasteiger partial charge in [0, 0.05) is 4.47 Å². The first-order chi connectivity index (χ1) is 19.3. The molecule has 0 fully saturated rings. The Hall–Kier alpha value is -3.70. The average molecular weight is 628 g/mol. The second kappa shape index (κ2) is 11.4. The molecule has 0 radical (unpaired) electrons. The van der Waals surface area contributed by atoms with Crippen molar-refractivity contribution in [3.63, 3.8) is 0 Å². The smallest absolute Gasteiger partial charge is 0.350 e. The number of rotatable bonds is 9. The van der Waals surface area contributed by atoms with E-state index in [-0.39, 0.29) is 33.4 Å². The summed E-state index contributed by atoms with van der Waals surface area (Å²) in [5.74, 6) is -0.111. The number of carbonyl (C=O) groups is 2. The van der Waals surface area contributed by atoms with Gasteiger partial charge in [0.1, 0.15) is 10.5 Å². The molecule has 0 saturated heterocycles. The molecule has 1 unspecified atom stereocenters. The van der Waals surface area contributed by atoms with Crippen LogP contribution in [0.15, 0.2) is 50.1 Å². The lowest BCUT2D eigenvalue weighted by Crippen LogP contribution is -2.29. The van der Waals surface area contributed by atoms with Crippen molar-refractivity contribution in [2.45, 2.75) is 39.7 Å². The van der Waals surface area contributed by atoms with Gasteiger partial charge >= 0.3 is 5.97 Å². The lowest BCUT2D eigenvalue weighted by molar-refractivity contribution is 0.0531. The molecule has 208 valence electrons. The van der Waals surface area contributed by atoms with Crippen molar-refractivity contribution >= 4 is 55.2 Å². The van der Waals surface area contributed by atoms with Crippen molar-refractivity contribution < 1.29 is 28.2 Å². The third kappa shape index (κ3) is 4.88.